The number of likely N-dealkylation sites (tertiary alicyclic amines) is 2. The molecule has 4 nitrogen and oxygen atoms in total. The van der Waals surface area contributed by atoms with Gasteiger partial charge in [-0.15, -0.1) is 0 Å². The molecule has 2 aliphatic rings. The lowest BCUT2D eigenvalue weighted by Gasteiger charge is -2.36. The molecule has 2 saturated heterocycles. The second-order valence-electron chi connectivity index (χ2n) is 7.32. The summed E-state index contributed by atoms with van der Waals surface area (Å²) < 4.78 is 13.7. The molecule has 6 heteroatoms. The number of hydrogen-bond acceptors (Lipinski definition) is 2. The van der Waals surface area contributed by atoms with Gasteiger partial charge in [-0.25, -0.2) is 4.39 Å². The van der Waals surface area contributed by atoms with E-state index in [0.29, 0.717) is 32.5 Å². The Labute approximate surface area is 152 Å². The maximum Gasteiger partial charge on any atom is 0.227 e. The molecule has 1 aromatic carbocycles. The van der Waals surface area contributed by atoms with Crippen LogP contribution in [0.4, 0.5) is 4.39 Å². The molecule has 0 unspecified atom stereocenters. The second kappa shape index (κ2) is 7.32. The fourth-order valence-electron chi connectivity index (χ4n) is 3.83. The van der Waals surface area contributed by atoms with Gasteiger partial charge in [0.2, 0.25) is 11.8 Å². The molecule has 0 radical (unpaired) electrons. The van der Waals surface area contributed by atoms with Crippen LogP contribution in [-0.2, 0) is 9.59 Å². The molecular weight excluding hydrogens is 343 g/mol. The summed E-state index contributed by atoms with van der Waals surface area (Å²) in [5, 5.41) is 0.121. The normalized spacial score (nSPS) is 24.3. The number of amides is 2. The van der Waals surface area contributed by atoms with E-state index in [-0.39, 0.29) is 34.7 Å². The molecule has 0 spiro atoms. The first-order chi connectivity index (χ1) is 11.9. The molecule has 2 heterocycles. The van der Waals surface area contributed by atoms with E-state index < -0.39 is 5.82 Å². The van der Waals surface area contributed by atoms with Crippen molar-refractivity contribution in [3.63, 3.8) is 0 Å². The van der Waals surface area contributed by atoms with Crippen molar-refractivity contribution in [2.45, 2.75) is 45.1 Å². The summed E-state index contributed by atoms with van der Waals surface area (Å²) in [5.41, 5.74) is 0.889. The van der Waals surface area contributed by atoms with Crippen molar-refractivity contribution in [2.75, 3.05) is 19.6 Å². The second-order valence-corrected chi connectivity index (χ2v) is 7.73. The van der Waals surface area contributed by atoms with Crippen LogP contribution >= 0.6 is 11.6 Å². The Balaban J connectivity index is 1.64. The van der Waals surface area contributed by atoms with Crippen molar-refractivity contribution in [3.8, 4) is 0 Å². The standard InChI is InChI=1S/C19H24ClFN2O2/c1-12(2)23-11-15(4-6-18(23)24)19(25)22-8-7-14(10-22)13-3-5-16(20)17(21)9-13/h3,5,9,12,14-15H,4,6-8,10-11H2,1-2H3/t14-,15-/m0/s1. The molecular formula is C19H24ClFN2O2. The van der Waals surface area contributed by atoms with E-state index in [0.717, 1.165) is 12.0 Å². The summed E-state index contributed by atoms with van der Waals surface area (Å²) in [5.74, 6) is -0.143. The minimum atomic E-state index is -0.415. The Morgan fingerprint density at radius 3 is 2.72 bits per heavy atom. The van der Waals surface area contributed by atoms with Crippen LogP contribution in [-0.4, -0.2) is 47.3 Å². The quantitative estimate of drug-likeness (QED) is 0.822. The highest BCUT2D eigenvalue weighted by Gasteiger charge is 2.36. The molecule has 2 aliphatic heterocycles. The van der Waals surface area contributed by atoms with Crippen LogP contribution in [0.1, 0.15) is 44.6 Å². The zero-order chi connectivity index (χ0) is 18.1. The zero-order valence-corrected chi connectivity index (χ0v) is 15.4. The van der Waals surface area contributed by atoms with Crippen LogP contribution in [0.3, 0.4) is 0 Å². The van der Waals surface area contributed by atoms with Gasteiger partial charge in [-0.05, 0) is 44.4 Å². The van der Waals surface area contributed by atoms with Crippen LogP contribution in [0.5, 0.6) is 0 Å². The topological polar surface area (TPSA) is 40.6 Å². The van der Waals surface area contributed by atoms with Crippen molar-refractivity contribution >= 4 is 23.4 Å². The Morgan fingerprint density at radius 1 is 1.28 bits per heavy atom. The molecule has 1 aromatic rings. The van der Waals surface area contributed by atoms with E-state index in [2.05, 4.69) is 0 Å². The number of piperidine rings is 1. The molecule has 3 rings (SSSR count). The van der Waals surface area contributed by atoms with Gasteiger partial charge in [-0.3, -0.25) is 9.59 Å². The van der Waals surface area contributed by atoms with Gasteiger partial charge < -0.3 is 9.80 Å². The summed E-state index contributed by atoms with van der Waals surface area (Å²) in [6.07, 6.45) is 1.89. The van der Waals surface area contributed by atoms with Gasteiger partial charge in [-0.1, -0.05) is 17.7 Å². The summed E-state index contributed by atoms with van der Waals surface area (Å²) in [6, 6.07) is 5.00. The Bertz CT molecular complexity index is 679. The van der Waals surface area contributed by atoms with Crippen LogP contribution in [0.2, 0.25) is 5.02 Å². The van der Waals surface area contributed by atoms with Gasteiger partial charge in [0.25, 0.3) is 0 Å². The Kier molecular flexibility index (Phi) is 5.32. The van der Waals surface area contributed by atoms with Gasteiger partial charge in [-0.2, -0.15) is 0 Å². The van der Waals surface area contributed by atoms with E-state index in [1.54, 1.807) is 11.0 Å². The summed E-state index contributed by atoms with van der Waals surface area (Å²) in [6.45, 7) is 5.75. The van der Waals surface area contributed by atoms with Gasteiger partial charge >= 0.3 is 0 Å². The van der Waals surface area contributed by atoms with E-state index >= 15 is 0 Å². The summed E-state index contributed by atoms with van der Waals surface area (Å²) in [7, 11) is 0. The van der Waals surface area contributed by atoms with Crippen molar-refractivity contribution in [1.82, 2.24) is 9.80 Å². The highest BCUT2D eigenvalue weighted by molar-refractivity contribution is 6.30. The lowest BCUT2D eigenvalue weighted by molar-refractivity contribution is -0.143. The summed E-state index contributed by atoms with van der Waals surface area (Å²) in [4.78, 5) is 28.5. The number of hydrogen-bond donors (Lipinski definition) is 0. The first-order valence-electron chi connectivity index (χ1n) is 8.90. The molecule has 136 valence electrons. The third-order valence-corrected chi connectivity index (χ3v) is 5.64. The SMILES string of the molecule is CC(C)N1C[C@@H](C(=O)N2CC[C@H](c3ccc(Cl)c(F)c3)C2)CCC1=O. The van der Waals surface area contributed by atoms with Gasteiger partial charge in [0.15, 0.2) is 0 Å². The van der Waals surface area contributed by atoms with Crippen molar-refractivity contribution in [1.29, 1.82) is 0 Å². The molecule has 2 fully saturated rings. The van der Waals surface area contributed by atoms with E-state index in [1.807, 2.05) is 24.8 Å². The van der Waals surface area contributed by atoms with Crippen LogP contribution in [0.25, 0.3) is 0 Å². The van der Waals surface area contributed by atoms with E-state index in [4.69, 9.17) is 11.6 Å². The monoisotopic (exact) mass is 366 g/mol. The predicted molar refractivity (Wildman–Crippen MR) is 94.9 cm³/mol. The largest absolute Gasteiger partial charge is 0.342 e. The molecule has 2 amide bonds. The van der Waals surface area contributed by atoms with Crippen molar-refractivity contribution in [2.24, 2.45) is 5.92 Å². The first-order valence-corrected chi connectivity index (χ1v) is 9.27. The Hall–Kier alpha value is -1.62. The van der Waals surface area contributed by atoms with Crippen LogP contribution < -0.4 is 0 Å². The smallest absolute Gasteiger partial charge is 0.227 e. The number of rotatable bonds is 3. The van der Waals surface area contributed by atoms with E-state index in [9.17, 15) is 14.0 Å². The minimum Gasteiger partial charge on any atom is -0.342 e. The third kappa shape index (κ3) is 3.81. The molecule has 2 atom stereocenters. The molecule has 0 bridgehead atoms. The number of benzene rings is 1. The molecule has 0 N–H and O–H groups in total. The van der Waals surface area contributed by atoms with Crippen LogP contribution in [0, 0.1) is 11.7 Å². The van der Waals surface area contributed by atoms with E-state index in [1.165, 1.54) is 6.07 Å². The number of carbonyl (C=O) groups is 2. The average molecular weight is 367 g/mol. The average Bonchev–Trinajstić information content (AvgIpc) is 3.07. The Morgan fingerprint density at radius 2 is 2.04 bits per heavy atom. The van der Waals surface area contributed by atoms with Crippen molar-refractivity contribution < 1.29 is 14.0 Å². The highest BCUT2D eigenvalue weighted by atomic mass is 35.5. The van der Waals surface area contributed by atoms with Crippen LogP contribution in [0.15, 0.2) is 18.2 Å². The number of halogens is 2. The van der Waals surface area contributed by atoms with Gasteiger partial charge in [0, 0.05) is 38.0 Å². The zero-order valence-electron chi connectivity index (χ0n) is 14.7. The van der Waals surface area contributed by atoms with Crippen molar-refractivity contribution in [3.05, 3.63) is 34.6 Å². The molecule has 0 aromatic heterocycles. The fraction of sp³-hybridized carbons (Fsp3) is 0.579. The third-order valence-electron chi connectivity index (χ3n) is 5.33. The lowest BCUT2D eigenvalue weighted by Crippen LogP contribution is -2.49. The predicted octanol–water partition coefficient (Wildman–Crippen LogP) is 3.44. The molecule has 0 saturated carbocycles. The lowest BCUT2D eigenvalue weighted by atomic mass is 9.95. The number of carbonyl (C=O) groups excluding carboxylic acids is 2. The number of nitrogens with zero attached hydrogens (tertiary/aromatic N) is 2. The van der Waals surface area contributed by atoms with Gasteiger partial charge in [0.1, 0.15) is 5.82 Å². The molecule has 0 aliphatic carbocycles. The maximum absolute atomic E-state index is 13.7. The summed E-state index contributed by atoms with van der Waals surface area (Å²) >= 11 is 5.75. The van der Waals surface area contributed by atoms with Gasteiger partial charge in [0.05, 0.1) is 10.9 Å². The molecule has 25 heavy (non-hydrogen) atoms. The highest BCUT2D eigenvalue weighted by Crippen LogP contribution is 2.31. The first kappa shape index (κ1) is 18.2. The maximum atomic E-state index is 13.7. The minimum absolute atomic E-state index is 0.117. The fourth-order valence-corrected chi connectivity index (χ4v) is 3.95.